The fourth-order valence-electron chi connectivity index (χ4n) is 3.16. The highest BCUT2D eigenvalue weighted by molar-refractivity contribution is 7.99. The van der Waals surface area contributed by atoms with Gasteiger partial charge in [-0.2, -0.15) is 0 Å². The molecule has 1 fully saturated rings. The van der Waals surface area contributed by atoms with E-state index < -0.39 is 5.60 Å². The minimum Gasteiger partial charge on any atom is -0.444 e. The van der Waals surface area contributed by atoms with E-state index in [1.54, 1.807) is 4.90 Å². The van der Waals surface area contributed by atoms with Crippen molar-refractivity contribution in [3.63, 3.8) is 0 Å². The standard InChI is InChI=1S/C21H28N4O4S/c1-13-8-9-14(2)15(11-13)22-17(26)12-30-19-24-23-18(28-19)16-7-6-10-25(16)20(27)29-21(3,4)5/h8-9,11,16H,6-7,10,12H2,1-5H3,(H,22,26). The van der Waals surface area contributed by atoms with Crippen LogP contribution in [-0.4, -0.2) is 45.0 Å². The number of amides is 2. The van der Waals surface area contributed by atoms with Crippen LogP contribution in [0.5, 0.6) is 0 Å². The molecule has 2 amide bonds. The third-order valence-corrected chi connectivity index (χ3v) is 5.40. The summed E-state index contributed by atoms with van der Waals surface area (Å²) < 4.78 is 11.2. The molecular weight excluding hydrogens is 404 g/mol. The van der Waals surface area contributed by atoms with Gasteiger partial charge in [-0.1, -0.05) is 23.9 Å². The molecule has 0 bridgehead atoms. The number of benzene rings is 1. The maximum Gasteiger partial charge on any atom is 0.410 e. The summed E-state index contributed by atoms with van der Waals surface area (Å²) in [6.45, 7) is 10.0. The fourth-order valence-corrected chi connectivity index (χ4v) is 3.73. The van der Waals surface area contributed by atoms with Gasteiger partial charge >= 0.3 is 6.09 Å². The molecule has 0 spiro atoms. The molecule has 9 heteroatoms. The summed E-state index contributed by atoms with van der Waals surface area (Å²) in [5, 5.41) is 11.3. The van der Waals surface area contributed by atoms with Gasteiger partial charge in [0.25, 0.3) is 5.22 Å². The zero-order chi connectivity index (χ0) is 21.9. The second-order valence-electron chi connectivity index (χ2n) is 8.39. The molecule has 3 rings (SSSR count). The SMILES string of the molecule is Cc1ccc(C)c(NC(=O)CSc2nnc(C3CCCN3C(=O)OC(C)(C)C)o2)c1. The molecule has 1 aromatic heterocycles. The summed E-state index contributed by atoms with van der Waals surface area (Å²) in [6, 6.07) is 5.61. The Bertz CT molecular complexity index is 922. The predicted molar refractivity (Wildman–Crippen MR) is 114 cm³/mol. The van der Waals surface area contributed by atoms with Crippen molar-refractivity contribution < 1.29 is 18.7 Å². The van der Waals surface area contributed by atoms with Crippen LogP contribution >= 0.6 is 11.8 Å². The van der Waals surface area contributed by atoms with Gasteiger partial charge in [0.05, 0.1) is 5.75 Å². The van der Waals surface area contributed by atoms with Gasteiger partial charge in [-0.3, -0.25) is 9.69 Å². The Morgan fingerprint density at radius 3 is 2.80 bits per heavy atom. The lowest BCUT2D eigenvalue weighted by Gasteiger charge is -2.27. The number of aromatic nitrogens is 2. The fraction of sp³-hybridized carbons (Fsp3) is 0.524. The molecule has 1 atom stereocenters. The van der Waals surface area contributed by atoms with Crippen molar-refractivity contribution in [3.05, 3.63) is 35.2 Å². The van der Waals surface area contributed by atoms with E-state index in [0.29, 0.717) is 17.7 Å². The number of likely N-dealkylation sites (tertiary alicyclic amines) is 1. The van der Waals surface area contributed by atoms with Crippen LogP contribution in [0, 0.1) is 13.8 Å². The first kappa shape index (κ1) is 22.1. The lowest BCUT2D eigenvalue weighted by molar-refractivity contribution is -0.113. The Hall–Kier alpha value is -2.55. The highest BCUT2D eigenvalue weighted by Gasteiger charge is 2.36. The van der Waals surface area contributed by atoms with Crippen molar-refractivity contribution >= 4 is 29.4 Å². The van der Waals surface area contributed by atoms with E-state index in [9.17, 15) is 9.59 Å². The minimum absolute atomic E-state index is 0.148. The molecule has 0 radical (unpaired) electrons. The van der Waals surface area contributed by atoms with E-state index in [4.69, 9.17) is 9.15 Å². The average Bonchev–Trinajstić information content (AvgIpc) is 3.30. The van der Waals surface area contributed by atoms with Gasteiger partial charge in [-0.15, -0.1) is 10.2 Å². The topological polar surface area (TPSA) is 97.6 Å². The molecule has 162 valence electrons. The zero-order valence-corrected chi connectivity index (χ0v) is 18.8. The molecule has 8 nitrogen and oxygen atoms in total. The maximum absolute atomic E-state index is 12.4. The van der Waals surface area contributed by atoms with Gasteiger partial charge in [0, 0.05) is 12.2 Å². The first-order chi connectivity index (χ1) is 14.1. The Morgan fingerprint density at radius 2 is 2.07 bits per heavy atom. The summed E-state index contributed by atoms with van der Waals surface area (Å²) in [7, 11) is 0. The van der Waals surface area contributed by atoms with Gasteiger partial charge in [-0.25, -0.2) is 4.79 Å². The quantitative estimate of drug-likeness (QED) is 0.695. The number of anilines is 1. The van der Waals surface area contributed by atoms with E-state index in [1.165, 1.54) is 11.8 Å². The molecular formula is C21H28N4O4S. The number of nitrogens with one attached hydrogen (secondary N) is 1. The Kier molecular flexibility index (Phi) is 6.70. The number of carbonyl (C=O) groups excluding carboxylic acids is 2. The van der Waals surface area contributed by atoms with E-state index in [1.807, 2.05) is 52.8 Å². The molecule has 1 aliphatic rings. The summed E-state index contributed by atoms with van der Waals surface area (Å²) >= 11 is 1.17. The third-order valence-electron chi connectivity index (χ3n) is 4.58. The van der Waals surface area contributed by atoms with Crippen molar-refractivity contribution in [2.45, 2.75) is 64.3 Å². The van der Waals surface area contributed by atoms with Crippen LogP contribution in [0.1, 0.15) is 56.7 Å². The molecule has 1 N–H and O–H groups in total. The summed E-state index contributed by atoms with van der Waals surface area (Å²) in [5.41, 5.74) is 2.31. The van der Waals surface area contributed by atoms with Crippen LogP contribution in [0.4, 0.5) is 10.5 Å². The molecule has 2 aromatic rings. The molecule has 1 aromatic carbocycles. The molecule has 0 aliphatic carbocycles. The van der Waals surface area contributed by atoms with E-state index in [0.717, 1.165) is 29.7 Å². The number of aryl methyl sites for hydroxylation is 2. The van der Waals surface area contributed by atoms with E-state index in [2.05, 4.69) is 15.5 Å². The van der Waals surface area contributed by atoms with Crippen LogP contribution in [0.25, 0.3) is 0 Å². The largest absolute Gasteiger partial charge is 0.444 e. The molecule has 1 aliphatic heterocycles. The van der Waals surface area contributed by atoms with Crippen LogP contribution in [0.2, 0.25) is 0 Å². The van der Waals surface area contributed by atoms with Crippen molar-refractivity contribution in [3.8, 4) is 0 Å². The number of ether oxygens (including phenoxy) is 1. The summed E-state index contributed by atoms with van der Waals surface area (Å²) in [6.07, 6.45) is 1.19. The number of rotatable bonds is 5. The summed E-state index contributed by atoms with van der Waals surface area (Å²) in [5.74, 6) is 0.371. The summed E-state index contributed by atoms with van der Waals surface area (Å²) in [4.78, 5) is 26.4. The number of hydrogen-bond acceptors (Lipinski definition) is 7. The van der Waals surface area contributed by atoms with Crippen molar-refractivity contribution in [1.82, 2.24) is 15.1 Å². The van der Waals surface area contributed by atoms with Gasteiger partial charge in [-0.05, 0) is 64.7 Å². The van der Waals surface area contributed by atoms with Gasteiger partial charge in [0.1, 0.15) is 11.6 Å². The van der Waals surface area contributed by atoms with Crippen LogP contribution < -0.4 is 5.32 Å². The first-order valence-corrected chi connectivity index (χ1v) is 10.9. The van der Waals surface area contributed by atoms with Crippen molar-refractivity contribution in [2.24, 2.45) is 0 Å². The average molecular weight is 433 g/mol. The Morgan fingerprint density at radius 1 is 1.30 bits per heavy atom. The van der Waals surface area contributed by atoms with Crippen LogP contribution in [0.15, 0.2) is 27.8 Å². The number of nitrogens with zero attached hydrogens (tertiary/aromatic N) is 3. The molecule has 2 heterocycles. The van der Waals surface area contributed by atoms with Gasteiger partial charge in [0.15, 0.2) is 0 Å². The number of carbonyl (C=O) groups is 2. The molecule has 1 saturated heterocycles. The normalized spacial score (nSPS) is 16.6. The molecule has 0 saturated carbocycles. The lowest BCUT2D eigenvalue weighted by Crippen LogP contribution is -2.36. The van der Waals surface area contributed by atoms with Gasteiger partial charge < -0.3 is 14.5 Å². The highest BCUT2D eigenvalue weighted by Crippen LogP contribution is 2.33. The van der Waals surface area contributed by atoms with Crippen LogP contribution in [-0.2, 0) is 9.53 Å². The Balaban J connectivity index is 1.57. The third kappa shape index (κ3) is 5.75. The minimum atomic E-state index is -0.566. The monoisotopic (exact) mass is 432 g/mol. The second kappa shape index (κ2) is 9.07. The smallest absolute Gasteiger partial charge is 0.410 e. The predicted octanol–water partition coefficient (Wildman–Crippen LogP) is 4.49. The first-order valence-electron chi connectivity index (χ1n) is 9.95. The molecule has 30 heavy (non-hydrogen) atoms. The van der Waals surface area contributed by atoms with Crippen LogP contribution in [0.3, 0.4) is 0 Å². The second-order valence-corrected chi connectivity index (χ2v) is 9.32. The lowest BCUT2D eigenvalue weighted by atomic mass is 10.1. The zero-order valence-electron chi connectivity index (χ0n) is 18.0. The van der Waals surface area contributed by atoms with Crippen molar-refractivity contribution in [1.29, 1.82) is 0 Å². The molecule has 1 unspecified atom stereocenters. The highest BCUT2D eigenvalue weighted by atomic mass is 32.2. The maximum atomic E-state index is 12.4. The Labute approximate surface area is 180 Å². The number of thioether (sulfide) groups is 1. The van der Waals surface area contributed by atoms with E-state index in [-0.39, 0.29) is 23.8 Å². The van der Waals surface area contributed by atoms with E-state index >= 15 is 0 Å². The van der Waals surface area contributed by atoms with Gasteiger partial charge in [0.2, 0.25) is 11.8 Å². The van der Waals surface area contributed by atoms with Crippen molar-refractivity contribution in [2.75, 3.05) is 17.6 Å². The number of hydrogen-bond donors (Lipinski definition) is 1.